The Morgan fingerprint density at radius 3 is 2.66 bits per heavy atom. The molecule has 4 rings (SSSR count). The fourth-order valence-electron chi connectivity index (χ4n) is 5.21. The van der Waals surface area contributed by atoms with Crippen molar-refractivity contribution in [3.63, 3.8) is 0 Å². The van der Waals surface area contributed by atoms with E-state index in [1.807, 2.05) is 4.90 Å². The molecule has 1 N–H and O–H groups in total. The van der Waals surface area contributed by atoms with Crippen molar-refractivity contribution in [1.82, 2.24) is 10.2 Å². The molecule has 0 bridgehead atoms. The van der Waals surface area contributed by atoms with Crippen LogP contribution < -0.4 is 5.32 Å². The van der Waals surface area contributed by atoms with Gasteiger partial charge in [-0.15, -0.1) is 0 Å². The van der Waals surface area contributed by atoms with Crippen molar-refractivity contribution in [1.29, 1.82) is 0 Å². The highest BCUT2D eigenvalue weighted by Gasteiger charge is 2.44. The largest absolute Gasteiger partial charge is 0.375 e. The minimum Gasteiger partial charge on any atom is -0.375 e. The Kier molecular flexibility index (Phi) is 6.20. The Bertz CT molecular complexity index is 736. The molecular formula is C23H32N2O4. The number of amides is 2. The number of nitrogens with zero attached hydrogens (tertiary/aromatic N) is 1. The number of nitrogens with one attached hydrogen (secondary N) is 1. The second kappa shape index (κ2) is 8.84. The summed E-state index contributed by atoms with van der Waals surface area (Å²) >= 11 is 0. The maximum Gasteiger partial charge on any atom is 0.248 e. The van der Waals surface area contributed by atoms with E-state index in [1.54, 1.807) is 7.11 Å². The van der Waals surface area contributed by atoms with E-state index in [4.69, 9.17) is 9.47 Å². The molecule has 1 aromatic rings. The molecule has 1 atom stereocenters. The predicted octanol–water partition coefficient (Wildman–Crippen LogP) is 2.54. The van der Waals surface area contributed by atoms with Gasteiger partial charge in [0, 0.05) is 26.2 Å². The molecule has 3 aliphatic rings. The summed E-state index contributed by atoms with van der Waals surface area (Å²) in [5.74, 6) is 0.128. The van der Waals surface area contributed by atoms with Crippen LogP contribution in [0.1, 0.15) is 56.1 Å². The Labute approximate surface area is 172 Å². The van der Waals surface area contributed by atoms with E-state index in [9.17, 15) is 9.59 Å². The number of methoxy groups -OCH3 is 1. The molecule has 2 heterocycles. The fourth-order valence-corrected chi connectivity index (χ4v) is 5.21. The number of benzene rings is 1. The summed E-state index contributed by atoms with van der Waals surface area (Å²) in [5, 5.41) is 3.19. The normalized spacial score (nSPS) is 23.8. The van der Waals surface area contributed by atoms with Gasteiger partial charge in [-0.2, -0.15) is 0 Å². The molecule has 29 heavy (non-hydrogen) atoms. The molecule has 1 aliphatic carbocycles. The van der Waals surface area contributed by atoms with Crippen LogP contribution in [-0.4, -0.2) is 55.7 Å². The Morgan fingerprint density at radius 2 is 1.93 bits per heavy atom. The highest BCUT2D eigenvalue weighted by molar-refractivity contribution is 5.78. The lowest BCUT2D eigenvalue weighted by atomic mass is 9.78. The minimum absolute atomic E-state index is 0.0268. The molecule has 6 nitrogen and oxygen atoms in total. The van der Waals surface area contributed by atoms with Crippen molar-refractivity contribution in [3.8, 4) is 0 Å². The minimum atomic E-state index is -0.406. The first-order valence-electron chi connectivity index (χ1n) is 10.9. The molecule has 2 fully saturated rings. The van der Waals surface area contributed by atoms with Crippen LogP contribution in [0.2, 0.25) is 0 Å². The van der Waals surface area contributed by atoms with Crippen molar-refractivity contribution in [2.24, 2.45) is 0 Å². The molecule has 2 aliphatic heterocycles. The summed E-state index contributed by atoms with van der Waals surface area (Å²) in [6, 6.07) is 8.76. The van der Waals surface area contributed by atoms with Gasteiger partial charge >= 0.3 is 0 Å². The van der Waals surface area contributed by atoms with Crippen LogP contribution >= 0.6 is 0 Å². The topological polar surface area (TPSA) is 67.9 Å². The average molecular weight is 401 g/mol. The lowest BCUT2D eigenvalue weighted by molar-refractivity contribution is -0.158. The first-order valence-corrected chi connectivity index (χ1v) is 10.9. The Hall–Kier alpha value is -1.92. The molecule has 6 heteroatoms. The van der Waals surface area contributed by atoms with Gasteiger partial charge in [-0.05, 0) is 43.2 Å². The highest BCUT2D eigenvalue weighted by Crippen LogP contribution is 2.43. The van der Waals surface area contributed by atoms with Gasteiger partial charge in [0.15, 0.2) is 0 Å². The number of rotatable bonds is 5. The third-order valence-electron chi connectivity index (χ3n) is 6.67. The predicted molar refractivity (Wildman–Crippen MR) is 109 cm³/mol. The maximum absolute atomic E-state index is 12.6. The van der Waals surface area contributed by atoms with Crippen LogP contribution in [-0.2, 0) is 31.1 Å². The van der Waals surface area contributed by atoms with Gasteiger partial charge in [-0.25, -0.2) is 0 Å². The second-order valence-electron chi connectivity index (χ2n) is 8.66. The third kappa shape index (κ3) is 4.48. The summed E-state index contributed by atoms with van der Waals surface area (Å²) in [6.07, 6.45) is 7.15. The molecule has 1 spiro atoms. The summed E-state index contributed by atoms with van der Waals surface area (Å²) in [6.45, 7) is 1.42. The zero-order valence-corrected chi connectivity index (χ0v) is 17.3. The molecule has 1 saturated heterocycles. The van der Waals surface area contributed by atoms with E-state index in [2.05, 4.69) is 29.6 Å². The van der Waals surface area contributed by atoms with Crippen LogP contribution in [0.4, 0.5) is 0 Å². The molecule has 0 radical (unpaired) electrons. The zero-order valence-electron chi connectivity index (χ0n) is 17.3. The molecular weight excluding hydrogens is 368 g/mol. The van der Waals surface area contributed by atoms with E-state index >= 15 is 0 Å². The Balaban J connectivity index is 1.45. The van der Waals surface area contributed by atoms with Crippen LogP contribution in [0.15, 0.2) is 24.3 Å². The highest BCUT2D eigenvalue weighted by atomic mass is 16.5. The maximum atomic E-state index is 12.6. The number of carbonyl (C=O) groups is 2. The van der Waals surface area contributed by atoms with Gasteiger partial charge in [-0.1, -0.05) is 37.1 Å². The van der Waals surface area contributed by atoms with E-state index in [0.717, 1.165) is 32.1 Å². The number of hydrogen-bond donors (Lipinski definition) is 1. The van der Waals surface area contributed by atoms with E-state index in [0.29, 0.717) is 25.6 Å². The number of ether oxygens (including phenoxy) is 2. The summed E-state index contributed by atoms with van der Waals surface area (Å²) < 4.78 is 11.6. The van der Waals surface area contributed by atoms with Crippen molar-refractivity contribution < 1.29 is 19.1 Å². The smallest absolute Gasteiger partial charge is 0.248 e. The number of likely N-dealkylation sites (tertiary alicyclic amines) is 1. The number of fused-ring (bicyclic) bond motifs is 2. The standard InChI is InChI=1S/C23H32N2O4/c1-28-16-22(27)25-12-10-23(11-13-25)20-9-5-2-6-17(20)14-19(29-23)15-21(26)24-18-7-3-4-8-18/h2,5-6,9,18-19H,3-4,7-8,10-16H2,1H3,(H,24,26). The SMILES string of the molecule is COCC(=O)N1CCC2(CC1)OC(CC(=O)NC1CCCC1)Cc1ccccc12. The van der Waals surface area contributed by atoms with Crippen molar-refractivity contribution in [3.05, 3.63) is 35.4 Å². The van der Waals surface area contributed by atoms with Gasteiger partial charge in [-0.3, -0.25) is 9.59 Å². The fraction of sp³-hybridized carbons (Fsp3) is 0.652. The lowest BCUT2D eigenvalue weighted by Crippen LogP contribution is -2.51. The first-order chi connectivity index (χ1) is 14.1. The van der Waals surface area contributed by atoms with Crippen LogP contribution in [0.3, 0.4) is 0 Å². The number of piperidine rings is 1. The monoisotopic (exact) mass is 400 g/mol. The third-order valence-corrected chi connectivity index (χ3v) is 6.67. The molecule has 2 amide bonds. The van der Waals surface area contributed by atoms with E-state index < -0.39 is 5.60 Å². The number of hydrogen-bond acceptors (Lipinski definition) is 4. The van der Waals surface area contributed by atoms with Gasteiger partial charge in [0.2, 0.25) is 11.8 Å². The van der Waals surface area contributed by atoms with Crippen molar-refractivity contribution in [2.45, 2.75) is 69.1 Å². The van der Waals surface area contributed by atoms with Crippen LogP contribution in [0.25, 0.3) is 0 Å². The molecule has 0 aromatic heterocycles. The first kappa shape index (κ1) is 20.4. The summed E-state index contributed by atoms with van der Waals surface area (Å²) in [4.78, 5) is 26.7. The molecule has 1 aromatic carbocycles. The molecule has 1 saturated carbocycles. The quantitative estimate of drug-likeness (QED) is 0.825. The van der Waals surface area contributed by atoms with Gasteiger partial charge in [0.05, 0.1) is 18.1 Å². The lowest BCUT2D eigenvalue weighted by Gasteiger charge is -2.47. The summed E-state index contributed by atoms with van der Waals surface area (Å²) in [7, 11) is 1.55. The van der Waals surface area contributed by atoms with E-state index in [1.165, 1.54) is 24.0 Å². The molecule has 158 valence electrons. The van der Waals surface area contributed by atoms with Crippen molar-refractivity contribution in [2.75, 3.05) is 26.8 Å². The second-order valence-corrected chi connectivity index (χ2v) is 8.66. The van der Waals surface area contributed by atoms with E-state index in [-0.39, 0.29) is 24.5 Å². The zero-order chi connectivity index (χ0) is 20.3. The van der Waals surface area contributed by atoms with Gasteiger partial charge in [0.25, 0.3) is 0 Å². The van der Waals surface area contributed by atoms with Crippen LogP contribution in [0, 0.1) is 0 Å². The van der Waals surface area contributed by atoms with Gasteiger partial charge in [0.1, 0.15) is 6.61 Å². The molecule has 1 unspecified atom stereocenters. The van der Waals surface area contributed by atoms with Gasteiger partial charge < -0.3 is 19.7 Å². The number of carbonyl (C=O) groups excluding carboxylic acids is 2. The van der Waals surface area contributed by atoms with Crippen molar-refractivity contribution >= 4 is 11.8 Å². The average Bonchev–Trinajstić information content (AvgIpc) is 3.21. The van der Waals surface area contributed by atoms with Crippen LogP contribution in [0.5, 0.6) is 0 Å². The Morgan fingerprint density at radius 1 is 1.21 bits per heavy atom. The summed E-state index contributed by atoms with van der Waals surface area (Å²) in [5.41, 5.74) is 2.09.